The molecule has 1 saturated heterocycles. The highest BCUT2D eigenvalue weighted by Gasteiger charge is 2.40. The van der Waals surface area contributed by atoms with Gasteiger partial charge in [0.2, 0.25) is 11.8 Å². The van der Waals surface area contributed by atoms with E-state index >= 15 is 0 Å². The molecule has 0 spiro atoms. The summed E-state index contributed by atoms with van der Waals surface area (Å²) >= 11 is 0. The van der Waals surface area contributed by atoms with Gasteiger partial charge in [-0.3, -0.25) is 14.4 Å². The van der Waals surface area contributed by atoms with Gasteiger partial charge in [0, 0.05) is 20.8 Å². The van der Waals surface area contributed by atoms with Crippen molar-refractivity contribution in [3.8, 4) is 0 Å². The Bertz CT molecular complexity index is 651. The van der Waals surface area contributed by atoms with E-state index in [2.05, 4.69) is 10.6 Å². The third kappa shape index (κ3) is 6.99. The molecule has 0 aromatic heterocycles. The lowest BCUT2D eigenvalue weighted by molar-refractivity contribution is -0.229. The minimum absolute atomic E-state index is 0.0156. The molecule has 2 rings (SSSR count). The maximum Gasteiger partial charge on any atom is 0.302 e. The van der Waals surface area contributed by atoms with Gasteiger partial charge < -0.3 is 24.8 Å². The van der Waals surface area contributed by atoms with E-state index in [9.17, 15) is 14.4 Å². The van der Waals surface area contributed by atoms with Crippen molar-refractivity contribution in [3.63, 3.8) is 0 Å². The Kier molecular flexibility index (Phi) is 7.75. The Labute approximate surface area is 158 Å². The van der Waals surface area contributed by atoms with E-state index in [-0.39, 0.29) is 18.4 Å². The summed E-state index contributed by atoms with van der Waals surface area (Å²) in [5, 5.41) is 5.60. The molecule has 27 heavy (non-hydrogen) atoms. The van der Waals surface area contributed by atoms with Crippen molar-refractivity contribution in [1.82, 2.24) is 10.6 Å². The van der Waals surface area contributed by atoms with Crippen molar-refractivity contribution >= 4 is 17.8 Å². The van der Waals surface area contributed by atoms with Crippen LogP contribution in [0.2, 0.25) is 0 Å². The number of benzene rings is 1. The van der Waals surface area contributed by atoms with Crippen LogP contribution in [0.25, 0.3) is 0 Å². The van der Waals surface area contributed by atoms with Crippen molar-refractivity contribution in [2.45, 2.75) is 58.3 Å². The number of carbonyl (C=O) groups excluding carboxylic acids is 3. The Balaban J connectivity index is 2.10. The number of hydrogen-bond donors (Lipinski definition) is 2. The maximum absolute atomic E-state index is 11.6. The molecule has 2 amide bonds. The van der Waals surface area contributed by atoms with Crippen LogP contribution < -0.4 is 10.6 Å². The highest BCUT2D eigenvalue weighted by molar-refractivity contribution is 5.74. The quantitative estimate of drug-likeness (QED) is 0.683. The second-order valence-electron chi connectivity index (χ2n) is 6.49. The van der Waals surface area contributed by atoms with Crippen LogP contribution in [0.15, 0.2) is 30.3 Å². The summed E-state index contributed by atoms with van der Waals surface area (Å²) in [4.78, 5) is 34.3. The van der Waals surface area contributed by atoms with Gasteiger partial charge in [0.25, 0.3) is 0 Å². The lowest BCUT2D eigenvalue weighted by Gasteiger charge is -2.41. The van der Waals surface area contributed by atoms with E-state index in [1.54, 1.807) is 0 Å². The number of rotatable bonds is 7. The Morgan fingerprint density at radius 2 is 1.67 bits per heavy atom. The van der Waals surface area contributed by atoms with Gasteiger partial charge in [0.1, 0.15) is 12.7 Å². The molecule has 0 aliphatic carbocycles. The van der Waals surface area contributed by atoms with E-state index in [4.69, 9.17) is 14.2 Å². The van der Waals surface area contributed by atoms with E-state index in [1.807, 2.05) is 30.3 Å². The van der Waals surface area contributed by atoms with Crippen molar-refractivity contribution in [2.24, 2.45) is 0 Å². The average molecular weight is 378 g/mol. The summed E-state index contributed by atoms with van der Waals surface area (Å²) in [6, 6.07) is 8.70. The molecule has 1 aromatic rings. The summed E-state index contributed by atoms with van der Waals surface area (Å²) in [5.41, 5.74) is 0.961. The van der Waals surface area contributed by atoms with Crippen molar-refractivity contribution in [3.05, 3.63) is 35.9 Å². The molecule has 4 atom stereocenters. The fourth-order valence-electron chi connectivity index (χ4n) is 2.96. The molecule has 1 aromatic carbocycles. The number of carbonyl (C=O) groups is 3. The summed E-state index contributed by atoms with van der Waals surface area (Å²) in [6.45, 7) is 4.39. The molecule has 8 nitrogen and oxygen atoms in total. The fourth-order valence-corrected chi connectivity index (χ4v) is 2.96. The molecular formula is C19H26N2O6. The largest absolute Gasteiger partial charge is 0.463 e. The monoisotopic (exact) mass is 378 g/mol. The zero-order valence-corrected chi connectivity index (χ0v) is 15.8. The van der Waals surface area contributed by atoms with Gasteiger partial charge in [0.05, 0.1) is 18.7 Å². The second kappa shape index (κ2) is 10.0. The third-order valence-electron chi connectivity index (χ3n) is 4.08. The molecule has 0 bridgehead atoms. The normalized spacial score (nSPS) is 24.7. The predicted molar refractivity (Wildman–Crippen MR) is 96.4 cm³/mol. The first kappa shape index (κ1) is 20.9. The molecule has 1 aliphatic heterocycles. The number of ether oxygens (including phenoxy) is 3. The molecular weight excluding hydrogens is 352 g/mol. The number of esters is 1. The average Bonchev–Trinajstić information content (AvgIpc) is 2.59. The topological polar surface area (TPSA) is 103 Å². The highest BCUT2D eigenvalue weighted by atomic mass is 16.7. The zero-order chi connectivity index (χ0) is 19.8. The van der Waals surface area contributed by atoms with Crippen molar-refractivity contribution < 1.29 is 28.6 Å². The first-order valence-electron chi connectivity index (χ1n) is 8.83. The molecule has 8 heteroatoms. The number of hydrogen-bond acceptors (Lipinski definition) is 6. The molecule has 1 fully saturated rings. The van der Waals surface area contributed by atoms with Crippen LogP contribution in [-0.4, -0.2) is 48.9 Å². The summed E-state index contributed by atoms with van der Waals surface area (Å²) < 4.78 is 16.9. The van der Waals surface area contributed by atoms with Crippen LogP contribution in [0.5, 0.6) is 0 Å². The smallest absolute Gasteiger partial charge is 0.302 e. The first-order valence-corrected chi connectivity index (χ1v) is 8.83. The van der Waals surface area contributed by atoms with E-state index < -0.39 is 30.4 Å². The molecule has 0 radical (unpaired) electrons. The number of amides is 2. The van der Waals surface area contributed by atoms with Crippen LogP contribution in [0.4, 0.5) is 0 Å². The fraction of sp³-hybridized carbons (Fsp3) is 0.526. The Morgan fingerprint density at radius 3 is 2.26 bits per heavy atom. The van der Waals surface area contributed by atoms with E-state index in [0.29, 0.717) is 13.0 Å². The van der Waals surface area contributed by atoms with Gasteiger partial charge in [-0.1, -0.05) is 30.3 Å². The SMILES string of the molecule is CC(=O)N[C@H]1C[C@@H](NC(C)=O)[C@@H](OCc2ccccc2)O[C@@H]1COC(C)=O. The van der Waals surface area contributed by atoms with Crippen LogP contribution in [0.1, 0.15) is 32.8 Å². The summed E-state index contributed by atoms with van der Waals surface area (Å²) in [7, 11) is 0. The van der Waals surface area contributed by atoms with Gasteiger partial charge >= 0.3 is 5.97 Å². The van der Waals surface area contributed by atoms with Crippen molar-refractivity contribution in [2.75, 3.05) is 6.61 Å². The van der Waals surface area contributed by atoms with Crippen LogP contribution >= 0.6 is 0 Å². The van der Waals surface area contributed by atoms with E-state index in [1.165, 1.54) is 20.8 Å². The Hall–Kier alpha value is -2.45. The standard InChI is InChI=1S/C19H26N2O6/c1-12(22)20-16-9-17(21-13(2)23)19(27-18(16)11-25-14(3)24)26-10-15-7-5-4-6-8-15/h4-8,16-19H,9-11H2,1-3H3,(H,20,22)(H,21,23)/t16-,17+,18+,19-/m0/s1. The minimum Gasteiger partial charge on any atom is -0.463 e. The second-order valence-corrected chi connectivity index (χ2v) is 6.49. The molecule has 1 heterocycles. The molecule has 0 saturated carbocycles. The molecule has 2 N–H and O–H groups in total. The van der Waals surface area contributed by atoms with Crippen LogP contribution in [-0.2, 0) is 35.2 Å². The van der Waals surface area contributed by atoms with Gasteiger partial charge in [-0.25, -0.2) is 0 Å². The molecule has 1 aliphatic rings. The summed E-state index contributed by atoms with van der Waals surface area (Å²) in [6.07, 6.45) is -0.923. The van der Waals surface area contributed by atoms with Crippen molar-refractivity contribution in [1.29, 1.82) is 0 Å². The molecule has 0 unspecified atom stereocenters. The first-order chi connectivity index (χ1) is 12.8. The zero-order valence-electron chi connectivity index (χ0n) is 15.8. The van der Waals surface area contributed by atoms with E-state index in [0.717, 1.165) is 5.56 Å². The van der Waals surface area contributed by atoms with Gasteiger partial charge in [0.15, 0.2) is 6.29 Å². The van der Waals surface area contributed by atoms with Gasteiger partial charge in [-0.15, -0.1) is 0 Å². The van der Waals surface area contributed by atoms with Gasteiger partial charge in [-0.05, 0) is 12.0 Å². The third-order valence-corrected chi connectivity index (χ3v) is 4.08. The molecule has 148 valence electrons. The minimum atomic E-state index is -0.736. The maximum atomic E-state index is 11.6. The highest BCUT2D eigenvalue weighted by Crippen LogP contribution is 2.23. The Morgan fingerprint density at radius 1 is 1.04 bits per heavy atom. The summed E-state index contributed by atoms with van der Waals surface area (Å²) in [5.74, 6) is -0.899. The lowest BCUT2D eigenvalue weighted by Crippen LogP contribution is -2.60. The van der Waals surface area contributed by atoms with Crippen LogP contribution in [0.3, 0.4) is 0 Å². The number of nitrogens with one attached hydrogen (secondary N) is 2. The van der Waals surface area contributed by atoms with Gasteiger partial charge in [-0.2, -0.15) is 0 Å². The predicted octanol–water partition coefficient (Wildman–Crippen LogP) is 0.891. The lowest BCUT2D eigenvalue weighted by atomic mass is 9.97. The van der Waals surface area contributed by atoms with Crippen LogP contribution in [0, 0.1) is 0 Å².